The fourth-order valence-electron chi connectivity index (χ4n) is 2.58. The van der Waals surface area contributed by atoms with Gasteiger partial charge in [0.1, 0.15) is 0 Å². The van der Waals surface area contributed by atoms with Crippen LogP contribution in [0.5, 0.6) is 0 Å². The average molecular weight is 228 g/mol. The highest BCUT2D eigenvalue weighted by atomic mass is 16.5. The van der Waals surface area contributed by atoms with Gasteiger partial charge >= 0.3 is 0 Å². The highest BCUT2D eigenvalue weighted by Crippen LogP contribution is 2.29. The number of likely N-dealkylation sites (tertiary alicyclic amines) is 1. The first kappa shape index (κ1) is 13.9. The van der Waals surface area contributed by atoms with Crippen molar-refractivity contribution in [3.63, 3.8) is 0 Å². The minimum absolute atomic E-state index is 0.165. The molecule has 0 aromatic carbocycles. The molecule has 1 atom stereocenters. The van der Waals surface area contributed by atoms with E-state index >= 15 is 0 Å². The van der Waals surface area contributed by atoms with Gasteiger partial charge in [-0.3, -0.25) is 4.90 Å². The predicted molar refractivity (Wildman–Crippen MR) is 68.5 cm³/mol. The van der Waals surface area contributed by atoms with Crippen molar-refractivity contribution in [2.45, 2.75) is 39.2 Å². The molecule has 3 nitrogen and oxygen atoms in total. The van der Waals surface area contributed by atoms with Gasteiger partial charge in [0.05, 0.1) is 0 Å². The summed E-state index contributed by atoms with van der Waals surface area (Å²) in [6, 6.07) is 0. The van der Waals surface area contributed by atoms with Crippen LogP contribution in [0.4, 0.5) is 0 Å². The van der Waals surface area contributed by atoms with Crippen molar-refractivity contribution in [1.82, 2.24) is 4.90 Å². The molecular formula is C13H28N2O. The van der Waals surface area contributed by atoms with Gasteiger partial charge in [0.2, 0.25) is 0 Å². The van der Waals surface area contributed by atoms with E-state index in [1.54, 1.807) is 7.11 Å². The lowest BCUT2D eigenvalue weighted by Crippen LogP contribution is -2.57. The van der Waals surface area contributed by atoms with Gasteiger partial charge in [0.15, 0.2) is 0 Å². The third-order valence-electron chi connectivity index (χ3n) is 4.40. The van der Waals surface area contributed by atoms with Crippen LogP contribution in [0.1, 0.15) is 33.6 Å². The zero-order chi connectivity index (χ0) is 12.2. The largest absolute Gasteiger partial charge is 0.384 e. The maximum absolute atomic E-state index is 5.97. The minimum atomic E-state index is 0.165. The molecule has 0 saturated carbocycles. The Bertz CT molecular complexity index is 200. The van der Waals surface area contributed by atoms with E-state index in [1.807, 2.05) is 0 Å². The molecule has 0 aliphatic carbocycles. The van der Waals surface area contributed by atoms with Gasteiger partial charge in [0.25, 0.3) is 0 Å². The fourth-order valence-corrected chi connectivity index (χ4v) is 2.58. The van der Waals surface area contributed by atoms with E-state index in [2.05, 4.69) is 25.7 Å². The first-order chi connectivity index (χ1) is 7.54. The van der Waals surface area contributed by atoms with E-state index in [-0.39, 0.29) is 5.54 Å². The number of hydrogen-bond donors (Lipinski definition) is 1. The molecular weight excluding hydrogens is 200 g/mol. The van der Waals surface area contributed by atoms with Gasteiger partial charge < -0.3 is 10.5 Å². The molecule has 1 aliphatic rings. The van der Waals surface area contributed by atoms with Gasteiger partial charge in [-0.2, -0.15) is 0 Å². The van der Waals surface area contributed by atoms with E-state index < -0.39 is 0 Å². The second-order valence-electron chi connectivity index (χ2n) is 5.60. The monoisotopic (exact) mass is 228 g/mol. The minimum Gasteiger partial charge on any atom is -0.384 e. The van der Waals surface area contributed by atoms with E-state index in [0.717, 1.165) is 19.1 Å². The highest BCUT2D eigenvalue weighted by molar-refractivity contribution is 4.92. The molecule has 2 N–H and O–H groups in total. The molecule has 1 rings (SSSR count). The first-order valence-corrected chi connectivity index (χ1v) is 6.48. The Labute approximate surface area is 100 Å². The van der Waals surface area contributed by atoms with Crippen molar-refractivity contribution in [2.24, 2.45) is 17.6 Å². The van der Waals surface area contributed by atoms with Crippen LogP contribution in [0.2, 0.25) is 0 Å². The summed E-state index contributed by atoms with van der Waals surface area (Å²) in [7, 11) is 1.80. The normalized spacial score (nSPS) is 23.6. The van der Waals surface area contributed by atoms with Crippen LogP contribution in [0, 0.1) is 11.8 Å². The average Bonchev–Trinajstić information content (AvgIpc) is 2.29. The predicted octanol–water partition coefficient (Wildman–Crippen LogP) is 1.72. The number of ether oxygens (including phenoxy) is 1. The lowest BCUT2D eigenvalue weighted by atomic mass is 9.83. The molecule has 0 radical (unpaired) electrons. The molecule has 1 fully saturated rings. The molecule has 1 saturated heterocycles. The lowest BCUT2D eigenvalue weighted by molar-refractivity contribution is 0.0185. The van der Waals surface area contributed by atoms with Crippen LogP contribution in [0.25, 0.3) is 0 Å². The molecule has 1 aliphatic heterocycles. The molecule has 1 heterocycles. The number of rotatable bonds is 5. The molecule has 3 heteroatoms. The maximum atomic E-state index is 5.97. The standard InChI is InChI=1S/C13H28N2O/c1-11(2)13(3,10-14)15-7-5-12(6-8-15)9-16-4/h11-12H,5-10,14H2,1-4H3. The van der Waals surface area contributed by atoms with Crippen molar-refractivity contribution in [2.75, 3.05) is 33.4 Å². The topological polar surface area (TPSA) is 38.5 Å². The second kappa shape index (κ2) is 5.99. The Morgan fingerprint density at radius 2 is 1.94 bits per heavy atom. The quantitative estimate of drug-likeness (QED) is 0.778. The molecule has 96 valence electrons. The third kappa shape index (κ3) is 2.96. The van der Waals surface area contributed by atoms with Gasteiger partial charge in [0, 0.05) is 25.8 Å². The third-order valence-corrected chi connectivity index (χ3v) is 4.40. The van der Waals surface area contributed by atoms with Gasteiger partial charge in [-0.15, -0.1) is 0 Å². The van der Waals surface area contributed by atoms with Gasteiger partial charge in [-0.25, -0.2) is 0 Å². The summed E-state index contributed by atoms with van der Waals surface area (Å²) in [6.07, 6.45) is 2.49. The Morgan fingerprint density at radius 3 is 2.31 bits per heavy atom. The van der Waals surface area contributed by atoms with E-state index in [4.69, 9.17) is 10.5 Å². The Hall–Kier alpha value is -0.120. The summed E-state index contributed by atoms with van der Waals surface area (Å²) in [6.45, 7) is 10.8. The van der Waals surface area contributed by atoms with E-state index in [0.29, 0.717) is 5.92 Å². The Kier molecular flexibility index (Phi) is 5.22. The van der Waals surface area contributed by atoms with Crippen molar-refractivity contribution < 1.29 is 4.74 Å². The van der Waals surface area contributed by atoms with Crippen LogP contribution in [0.15, 0.2) is 0 Å². The van der Waals surface area contributed by atoms with Crippen LogP contribution in [-0.4, -0.2) is 43.8 Å². The Morgan fingerprint density at radius 1 is 1.38 bits per heavy atom. The summed E-state index contributed by atoms with van der Waals surface area (Å²) in [5, 5.41) is 0. The van der Waals surface area contributed by atoms with Crippen LogP contribution < -0.4 is 5.73 Å². The maximum Gasteiger partial charge on any atom is 0.0491 e. The Balaban J connectivity index is 2.51. The lowest BCUT2D eigenvalue weighted by Gasteiger charge is -2.47. The van der Waals surface area contributed by atoms with Crippen LogP contribution >= 0.6 is 0 Å². The molecule has 0 aromatic rings. The van der Waals surface area contributed by atoms with E-state index in [9.17, 15) is 0 Å². The van der Waals surface area contributed by atoms with Gasteiger partial charge in [-0.1, -0.05) is 13.8 Å². The number of hydrogen-bond acceptors (Lipinski definition) is 3. The number of methoxy groups -OCH3 is 1. The number of piperidine rings is 1. The van der Waals surface area contributed by atoms with Crippen molar-refractivity contribution >= 4 is 0 Å². The van der Waals surface area contributed by atoms with Crippen LogP contribution in [0.3, 0.4) is 0 Å². The van der Waals surface area contributed by atoms with Crippen molar-refractivity contribution in [1.29, 1.82) is 0 Å². The van der Waals surface area contributed by atoms with Crippen LogP contribution in [-0.2, 0) is 4.74 Å². The second-order valence-corrected chi connectivity index (χ2v) is 5.60. The summed E-state index contributed by atoms with van der Waals surface area (Å²) in [5.74, 6) is 1.35. The summed E-state index contributed by atoms with van der Waals surface area (Å²) >= 11 is 0. The van der Waals surface area contributed by atoms with Gasteiger partial charge in [-0.05, 0) is 44.7 Å². The molecule has 0 amide bonds. The summed E-state index contributed by atoms with van der Waals surface area (Å²) in [4.78, 5) is 2.57. The number of nitrogens with two attached hydrogens (primary N) is 1. The van der Waals surface area contributed by atoms with Crippen molar-refractivity contribution in [3.8, 4) is 0 Å². The molecule has 0 aromatic heterocycles. The molecule has 0 spiro atoms. The highest BCUT2D eigenvalue weighted by Gasteiger charge is 2.35. The zero-order valence-corrected chi connectivity index (χ0v) is 11.3. The zero-order valence-electron chi connectivity index (χ0n) is 11.3. The smallest absolute Gasteiger partial charge is 0.0491 e. The SMILES string of the molecule is COCC1CCN(C(C)(CN)C(C)C)CC1. The molecule has 1 unspecified atom stereocenters. The van der Waals surface area contributed by atoms with Crippen molar-refractivity contribution in [3.05, 3.63) is 0 Å². The summed E-state index contributed by atoms with van der Waals surface area (Å²) in [5.41, 5.74) is 6.13. The summed E-state index contributed by atoms with van der Waals surface area (Å²) < 4.78 is 5.23. The first-order valence-electron chi connectivity index (χ1n) is 6.48. The molecule has 0 bridgehead atoms. The van der Waals surface area contributed by atoms with E-state index in [1.165, 1.54) is 25.9 Å². The molecule has 16 heavy (non-hydrogen) atoms. The fraction of sp³-hybridized carbons (Fsp3) is 1.00. The number of nitrogens with zero attached hydrogens (tertiary/aromatic N) is 1.